The summed E-state index contributed by atoms with van der Waals surface area (Å²) in [5.74, 6) is -2.78. The van der Waals surface area contributed by atoms with Crippen molar-refractivity contribution < 1.29 is 23.2 Å². The lowest BCUT2D eigenvalue weighted by Gasteiger charge is -2.16. The summed E-state index contributed by atoms with van der Waals surface area (Å²) in [4.78, 5) is 37.7. The van der Waals surface area contributed by atoms with Gasteiger partial charge in [-0.15, -0.1) is 0 Å². The number of carbonyl (C=O) groups excluding carboxylic acids is 3. The molecule has 0 bridgehead atoms. The molecule has 8 heteroatoms. The normalized spacial score (nSPS) is 14.6. The van der Waals surface area contributed by atoms with Crippen molar-refractivity contribution in [3.05, 3.63) is 65.2 Å². The Hall–Kier alpha value is -3.29. The maximum Gasteiger partial charge on any atom is 0.251 e. The van der Waals surface area contributed by atoms with E-state index in [0.717, 1.165) is 24.2 Å². The molecule has 6 nitrogen and oxygen atoms in total. The number of anilines is 1. The fourth-order valence-corrected chi connectivity index (χ4v) is 3.13. The van der Waals surface area contributed by atoms with Gasteiger partial charge in [-0.25, -0.2) is 8.78 Å². The summed E-state index contributed by atoms with van der Waals surface area (Å²) in [5.41, 5.74) is 1.51. The second kappa shape index (κ2) is 8.81. The Morgan fingerprint density at radius 1 is 1.10 bits per heavy atom. The molecule has 152 valence electrons. The molecule has 1 aliphatic heterocycles. The first-order valence-electron chi connectivity index (χ1n) is 9.28. The molecule has 1 saturated heterocycles. The summed E-state index contributed by atoms with van der Waals surface area (Å²) in [7, 11) is 0. The highest BCUT2D eigenvalue weighted by Crippen LogP contribution is 2.21. The molecule has 0 radical (unpaired) electrons. The van der Waals surface area contributed by atoms with Crippen molar-refractivity contribution >= 4 is 23.4 Å². The SMILES string of the molecule is C[C@@H](NC(=O)CNC(=O)c1ccc(N2CCCC2=O)cc1)c1ccc(F)c(F)c1. The second-order valence-corrected chi connectivity index (χ2v) is 6.84. The first-order valence-corrected chi connectivity index (χ1v) is 9.28. The molecule has 0 aromatic heterocycles. The highest BCUT2D eigenvalue weighted by Gasteiger charge is 2.21. The number of halogens is 2. The van der Waals surface area contributed by atoms with Gasteiger partial charge in [0.05, 0.1) is 12.6 Å². The van der Waals surface area contributed by atoms with Gasteiger partial charge < -0.3 is 15.5 Å². The smallest absolute Gasteiger partial charge is 0.251 e. The molecule has 3 amide bonds. The van der Waals surface area contributed by atoms with Crippen molar-refractivity contribution in [3.8, 4) is 0 Å². The summed E-state index contributed by atoms with van der Waals surface area (Å²) in [6.07, 6.45) is 1.35. The van der Waals surface area contributed by atoms with Crippen molar-refractivity contribution in [3.63, 3.8) is 0 Å². The van der Waals surface area contributed by atoms with Crippen molar-refractivity contribution in [1.29, 1.82) is 0 Å². The van der Waals surface area contributed by atoms with Crippen LogP contribution in [-0.2, 0) is 9.59 Å². The Balaban J connectivity index is 1.51. The lowest BCUT2D eigenvalue weighted by Crippen LogP contribution is -2.38. The largest absolute Gasteiger partial charge is 0.348 e. The van der Waals surface area contributed by atoms with Crippen molar-refractivity contribution in [2.75, 3.05) is 18.0 Å². The van der Waals surface area contributed by atoms with E-state index in [1.807, 2.05) is 0 Å². The standard InChI is InChI=1S/C21H21F2N3O3/c1-13(15-6-9-17(22)18(23)11-15)25-19(27)12-24-21(29)14-4-7-16(8-5-14)26-10-2-3-20(26)28/h4-9,11,13H,2-3,10,12H2,1H3,(H,24,29)(H,25,27)/t13-/m1/s1. The minimum Gasteiger partial charge on any atom is -0.348 e. The Morgan fingerprint density at radius 2 is 1.83 bits per heavy atom. The zero-order valence-electron chi connectivity index (χ0n) is 15.9. The van der Waals surface area contributed by atoms with E-state index >= 15 is 0 Å². The van der Waals surface area contributed by atoms with Gasteiger partial charge in [-0.1, -0.05) is 6.07 Å². The lowest BCUT2D eigenvalue weighted by molar-refractivity contribution is -0.120. The van der Waals surface area contributed by atoms with Gasteiger partial charge in [0.25, 0.3) is 5.91 Å². The fraction of sp³-hybridized carbons (Fsp3) is 0.286. The third-order valence-electron chi connectivity index (χ3n) is 4.75. The van der Waals surface area contributed by atoms with E-state index in [1.54, 1.807) is 36.1 Å². The maximum absolute atomic E-state index is 13.3. The average Bonchev–Trinajstić information content (AvgIpc) is 3.14. The van der Waals surface area contributed by atoms with E-state index in [-0.39, 0.29) is 12.5 Å². The van der Waals surface area contributed by atoms with Crippen LogP contribution in [-0.4, -0.2) is 30.8 Å². The molecular weight excluding hydrogens is 380 g/mol. The van der Waals surface area contributed by atoms with E-state index in [9.17, 15) is 23.2 Å². The summed E-state index contributed by atoms with van der Waals surface area (Å²) in [5, 5.41) is 5.12. The molecule has 0 aliphatic carbocycles. The van der Waals surface area contributed by atoms with E-state index in [4.69, 9.17) is 0 Å². The van der Waals surface area contributed by atoms with Gasteiger partial charge in [-0.3, -0.25) is 14.4 Å². The third kappa shape index (κ3) is 4.96. The highest BCUT2D eigenvalue weighted by atomic mass is 19.2. The number of amides is 3. The molecule has 1 heterocycles. The Morgan fingerprint density at radius 3 is 2.45 bits per heavy atom. The van der Waals surface area contributed by atoms with Crippen LogP contribution < -0.4 is 15.5 Å². The number of rotatable bonds is 6. The second-order valence-electron chi connectivity index (χ2n) is 6.84. The van der Waals surface area contributed by atoms with Crippen LogP contribution in [0.4, 0.5) is 14.5 Å². The topological polar surface area (TPSA) is 78.5 Å². The molecule has 1 atom stereocenters. The van der Waals surface area contributed by atoms with Gasteiger partial charge >= 0.3 is 0 Å². The highest BCUT2D eigenvalue weighted by molar-refractivity contribution is 5.98. The molecule has 2 aromatic carbocycles. The maximum atomic E-state index is 13.3. The summed E-state index contributed by atoms with van der Waals surface area (Å²) >= 11 is 0. The number of hydrogen-bond donors (Lipinski definition) is 2. The van der Waals surface area contributed by atoms with Crippen LogP contribution in [0.1, 0.15) is 41.7 Å². The molecule has 29 heavy (non-hydrogen) atoms. The number of hydrogen-bond acceptors (Lipinski definition) is 3. The molecule has 1 aliphatic rings. The van der Waals surface area contributed by atoms with Crippen LogP contribution in [0, 0.1) is 11.6 Å². The zero-order valence-corrected chi connectivity index (χ0v) is 15.9. The quantitative estimate of drug-likeness (QED) is 0.781. The van der Waals surface area contributed by atoms with Crippen LogP contribution in [0.5, 0.6) is 0 Å². The number of benzene rings is 2. The van der Waals surface area contributed by atoms with Gasteiger partial charge in [0.15, 0.2) is 11.6 Å². The monoisotopic (exact) mass is 401 g/mol. The van der Waals surface area contributed by atoms with Crippen molar-refractivity contribution in [1.82, 2.24) is 10.6 Å². The molecule has 2 aromatic rings. The van der Waals surface area contributed by atoms with Crippen molar-refractivity contribution in [2.24, 2.45) is 0 Å². The van der Waals surface area contributed by atoms with E-state index < -0.39 is 29.5 Å². The molecule has 0 spiro atoms. The average molecular weight is 401 g/mol. The van der Waals surface area contributed by atoms with Crippen LogP contribution in [0.2, 0.25) is 0 Å². The number of nitrogens with one attached hydrogen (secondary N) is 2. The number of nitrogens with zero attached hydrogens (tertiary/aromatic N) is 1. The summed E-state index contributed by atoms with van der Waals surface area (Å²) in [6.45, 7) is 2.03. The van der Waals surface area contributed by atoms with Crippen molar-refractivity contribution in [2.45, 2.75) is 25.8 Å². The van der Waals surface area contributed by atoms with Gasteiger partial charge in [0.2, 0.25) is 11.8 Å². The molecule has 1 fully saturated rings. The molecule has 0 unspecified atom stereocenters. The minimum atomic E-state index is -0.990. The van der Waals surface area contributed by atoms with Gasteiger partial charge in [0.1, 0.15) is 0 Å². The van der Waals surface area contributed by atoms with Crippen LogP contribution >= 0.6 is 0 Å². The molecule has 3 rings (SSSR count). The third-order valence-corrected chi connectivity index (χ3v) is 4.75. The summed E-state index contributed by atoms with van der Waals surface area (Å²) < 4.78 is 26.3. The Kier molecular flexibility index (Phi) is 6.21. The van der Waals surface area contributed by atoms with E-state index in [1.165, 1.54) is 6.07 Å². The fourth-order valence-electron chi connectivity index (χ4n) is 3.13. The minimum absolute atomic E-state index is 0.0639. The molecular formula is C21H21F2N3O3. The molecule has 2 N–H and O–H groups in total. The van der Waals surface area contributed by atoms with E-state index in [0.29, 0.717) is 24.1 Å². The van der Waals surface area contributed by atoms with E-state index in [2.05, 4.69) is 10.6 Å². The predicted octanol–water partition coefficient (Wildman–Crippen LogP) is 2.70. The zero-order chi connectivity index (χ0) is 21.0. The van der Waals surface area contributed by atoms with Gasteiger partial charge in [-0.05, 0) is 55.3 Å². The molecule has 0 saturated carbocycles. The first-order chi connectivity index (χ1) is 13.8. The summed E-state index contributed by atoms with van der Waals surface area (Å²) in [6, 6.07) is 9.43. The number of carbonyl (C=O) groups is 3. The predicted molar refractivity (Wildman–Crippen MR) is 103 cm³/mol. The van der Waals surface area contributed by atoms with Gasteiger partial charge in [0, 0.05) is 24.2 Å². The van der Waals surface area contributed by atoms with Crippen LogP contribution in [0.15, 0.2) is 42.5 Å². The lowest BCUT2D eigenvalue weighted by atomic mass is 10.1. The van der Waals surface area contributed by atoms with Crippen LogP contribution in [0.25, 0.3) is 0 Å². The first kappa shape index (κ1) is 20.4. The Labute approximate surface area is 166 Å². The van der Waals surface area contributed by atoms with Gasteiger partial charge in [-0.2, -0.15) is 0 Å². The van der Waals surface area contributed by atoms with Crippen LogP contribution in [0.3, 0.4) is 0 Å². The Bertz CT molecular complexity index is 931.